The van der Waals surface area contributed by atoms with Crippen molar-refractivity contribution >= 4 is 0 Å². The Morgan fingerprint density at radius 2 is 2.19 bits per heavy atom. The van der Waals surface area contributed by atoms with E-state index in [0.29, 0.717) is 18.9 Å². The van der Waals surface area contributed by atoms with E-state index < -0.39 is 0 Å². The van der Waals surface area contributed by atoms with Crippen molar-refractivity contribution < 1.29 is 9.15 Å². The second-order valence-corrected chi connectivity index (χ2v) is 3.26. The predicted molar refractivity (Wildman–Crippen MR) is 61.0 cm³/mol. The quantitative estimate of drug-likeness (QED) is 0.854. The first-order valence-corrected chi connectivity index (χ1v) is 5.21. The van der Waals surface area contributed by atoms with Crippen molar-refractivity contribution in [1.82, 2.24) is 4.98 Å². The highest BCUT2D eigenvalue weighted by Gasteiger charge is 2.13. The van der Waals surface area contributed by atoms with E-state index in [-0.39, 0.29) is 0 Å². The Morgan fingerprint density at radius 1 is 1.38 bits per heavy atom. The lowest BCUT2D eigenvalue weighted by atomic mass is 10.1. The second kappa shape index (κ2) is 4.81. The topological polar surface area (TPSA) is 61.3 Å². The molecule has 1 aromatic heterocycles. The van der Waals surface area contributed by atoms with Crippen molar-refractivity contribution in [2.75, 3.05) is 6.61 Å². The van der Waals surface area contributed by atoms with Crippen LogP contribution in [0.5, 0.6) is 5.75 Å². The Morgan fingerprint density at radius 3 is 2.94 bits per heavy atom. The van der Waals surface area contributed by atoms with E-state index in [2.05, 4.69) is 4.98 Å². The van der Waals surface area contributed by atoms with Gasteiger partial charge in [0.15, 0.2) is 12.2 Å². The molecular formula is C12H14N2O2. The molecule has 0 unspecified atom stereocenters. The first-order chi connectivity index (χ1) is 7.86. The third-order valence-electron chi connectivity index (χ3n) is 2.27. The number of nitrogens with zero attached hydrogens (tertiary/aromatic N) is 1. The van der Waals surface area contributed by atoms with Gasteiger partial charge in [-0.05, 0) is 19.1 Å². The van der Waals surface area contributed by atoms with E-state index in [1.807, 2.05) is 31.2 Å². The van der Waals surface area contributed by atoms with Crippen LogP contribution in [-0.4, -0.2) is 11.6 Å². The molecule has 0 amide bonds. The molecule has 2 N–H and O–H groups in total. The molecule has 84 valence electrons. The second-order valence-electron chi connectivity index (χ2n) is 3.26. The van der Waals surface area contributed by atoms with Gasteiger partial charge in [-0.2, -0.15) is 0 Å². The molecule has 0 fully saturated rings. The Labute approximate surface area is 94.1 Å². The zero-order chi connectivity index (χ0) is 11.4. The average Bonchev–Trinajstić information content (AvgIpc) is 2.78. The van der Waals surface area contributed by atoms with Gasteiger partial charge in [-0.1, -0.05) is 12.1 Å². The third-order valence-corrected chi connectivity index (χ3v) is 2.27. The van der Waals surface area contributed by atoms with Gasteiger partial charge in [0.1, 0.15) is 11.4 Å². The van der Waals surface area contributed by atoms with Gasteiger partial charge in [0.25, 0.3) is 0 Å². The lowest BCUT2D eigenvalue weighted by Gasteiger charge is -2.08. The van der Waals surface area contributed by atoms with Gasteiger partial charge in [0.05, 0.1) is 12.2 Å². The van der Waals surface area contributed by atoms with Crippen molar-refractivity contribution in [3.63, 3.8) is 0 Å². The minimum Gasteiger partial charge on any atom is -0.493 e. The summed E-state index contributed by atoms with van der Waals surface area (Å²) in [6, 6.07) is 7.69. The Hall–Kier alpha value is -1.81. The van der Waals surface area contributed by atoms with E-state index in [4.69, 9.17) is 14.9 Å². The van der Waals surface area contributed by atoms with Crippen LogP contribution in [0.25, 0.3) is 11.3 Å². The standard InChI is InChI=1S/C12H14N2O2/c1-2-15-11-6-4-3-5-9(11)12-10(7-13)14-8-16-12/h3-6,8H,2,7,13H2,1H3. The van der Waals surface area contributed by atoms with Crippen molar-refractivity contribution in [1.29, 1.82) is 0 Å². The fourth-order valence-corrected chi connectivity index (χ4v) is 1.57. The number of rotatable bonds is 4. The highest BCUT2D eigenvalue weighted by molar-refractivity contribution is 5.67. The molecule has 0 atom stereocenters. The third kappa shape index (κ3) is 1.92. The molecule has 0 aliphatic carbocycles. The fourth-order valence-electron chi connectivity index (χ4n) is 1.57. The van der Waals surface area contributed by atoms with Crippen molar-refractivity contribution in [3.8, 4) is 17.1 Å². The lowest BCUT2D eigenvalue weighted by Crippen LogP contribution is -1.99. The summed E-state index contributed by atoms with van der Waals surface area (Å²) in [6.45, 7) is 2.91. The summed E-state index contributed by atoms with van der Waals surface area (Å²) in [5.41, 5.74) is 7.23. The van der Waals surface area contributed by atoms with Crippen LogP contribution in [0.15, 0.2) is 35.1 Å². The van der Waals surface area contributed by atoms with Gasteiger partial charge in [-0.15, -0.1) is 0 Å². The van der Waals surface area contributed by atoms with Crippen molar-refractivity contribution in [2.45, 2.75) is 13.5 Å². The Bertz CT molecular complexity index is 466. The molecule has 4 heteroatoms. The molecule has 4 nitrogen and oxygen atoms in total. The van der Waals surface area contributed by atoms with Crippen LogP contribution in [0.2, 0.25) is 0 Å². The summed E-state index contributed by atoms with van der Waals surface area (Å²) in [6.07, 6.45) is 1.40. The van der Waals surface area contributed by atoms with Crippen LogP contribution in [0.1, 0.15) is 12.6 Å². The molecule has 0 bridgehead atoms. The molecule has 0 radical (unpaired) electrons. The van der Waals surface area contributed by atoms with Gasteiger partial charge in [-0.25, -0.2) is 4.98 Å². The highest BCUT2D eigenvalue weighted by Crippen LogP contribution is 2.31. The zero-order valence-corrected chi connectivity index (χ0v) is 9.14. The molecule has 0 saturated carbocycles. The average molecular weight is 218 g/mol. The smallest absolute Gasteiger partial charge is 0.181 e. The lowest BCUT2D eigenvalue weighted by molar-refractivity contribution is 0.340. The summed E-state index contributed by atoms with van der Waals surface area (Å²) in [5.74, 6) is 1.48. The molecule has 0 spiro atoms. The maximum atomic E-state index is 5.59. The number of hydrogen-bond acceptors (Lipinski definition) is 4. The molecule has 0 aliphatic rings. The number of para-hydroxylation sites is 1. The largest absolute Gasteiger partial charge is 0.493 e. The maximum Gasteiger partial charge on any atom is 0.181 e. The number of ether oxygens (including phenoxy) is 1. The number of benzene rings is 1. The molecule has 16 heavy (non-hydrogen) atoms. The van der Waals surface area contributed by atoms with Gasteiger partial charge >= 0.3 is 0 Å². The molecule has 0 saturated heterocycles. The summed E-state index contributed by atoms with van der Waals surface area (Å²) < 4.78 is 10.9. The Kier molecular flexibility index (Phi) is 3.22. The van der Waals surface area contributed by atoms with Gasteiger partial charge in [-0.3, -0.25) is 0 Å². The van der Waals surface area contributed by atoms with E-state index in [0.717, 1.165) is 17.0 Å². The van der Waals surface area contributed by atoms with Crippen LogP contribution >= 0.6 is 0 Å². The summed E-state index contributed by atoms with van der Waals surface area (Å²) in [4.78, 5) is 4.07. The fraction of sp³-hybridized carbons (Fsp3) is 0.250. The maximum absolute atomic E-state index is 5.59. The van der Waals surface area contributed by atoms with Crippen molar-refractivity contribution in [2.24, 2.45) is 5.73 Å². The van der Waals surface area contributed by atoms with E-state index in [1.54, 1.807) is 0 Å². The monoisotopic (exact) mass is 218 g/mol. The van der Waals surface area contributed by atoms with E-state index in [1.165, 1.54) is 6.39 Å². The van der Waals surface area contributed by atoms with Crippen LogP contribution in [-0.2, 0) is 6.54 Å². The van der Waals surface area contributed by atoms with Crippen LogP contribution in [0.3, 0.4) is 0 Å². The molecule has 2 aromatic rings. The molecule has 1 heterocycles. The van der Waals surface area contributed by atoms with Crippen LogP contribution in [0, 0.1) is 0 Å². The summed E-state index contributed by atoms with van der Waals surface area (Å²) >= 11 is 0. The molecule has 0 aliphatic heterocycles. The van der Waals surface area contributed by atoms with Gasteiger partial charge < -0.3 is 14.9 Å². The zero-order valence-electron chi connectivity index (χ0n) is 9.14. The van der Waals surface area contributed by atoms with E-state index in [9.17, 15) is 0 Å². The summed E-state index contributed by atoms with van der Waals surface area (Å²) in [7, 11) is 0. The summed E-state index contributed by atoms with van der Waals surface area (Å²) in [5, 5.41) is 0. The molecular weight excluding hydrogens is 204 g/mol. The number of aromatic nitrogens is 1. The molecule has 2 rings (SSSR count). The Balaban J connectivity index is 2.46. The normalized spacial score (nSPS) is 10.4. The minimum atomic E-state index is 0.353. The SMILES string of the molecule is CCOc1ccccc1-c1ocnc1CN. The number of nitrogens with two attached hydrogens (primary N) is 1. The first kappa shape index (κ1) is 10.7. The highest BCUT2D eigenvalue weighted by atomic mass is 16.5. The first-order valence-electron chi connectivity index (χ1n) is 5.21. The van der Waals surface area contributed by atoms with Crippen LogP contribution < -0.4 is 10.5 Å². The van der Waals surface area contributed by atoms with Gasteiger partial charge in [0, 0.05) is 6.54 Å². The minimum absolute atomic E-state index is 0.353. The predicted octanol–water partition coefficient (Wildman–Crippen LogP) is 2.20. The van der Waals surface area contributed by atoms with Crippen LogP contribution in [0.4, 0.5) is 0 Å². The molecule has 1 aromatic carbocycles. The number of hydrogen-bond donors (Lipinski definition) is 1. The number of oxazole rings is 1. The van der Waals surface area contributed by atoms with E-state index >= 15 is 0 Å². The van der Waals surface area contributed by atoms with Gasteiger partial charge in [0.2, 0.25) is 0 Å². The van der Waals surface area contributed by atoms with Crippen molar-refractivity contribution in [3.05, 3.63) is 36.4 Å².